The molecule has 3 aromatic rings. The highest BCUT2D eigenvalue weighted by molar-refractivity contribution is 6.03. The van der Waals surface area contributed by atoms with Gasteiger partial charge in [-0.15, -0.1) is 0 Å². The van der Waals surface area contributed by atoms with E-state index in [4.69, 9.17) is 5.73 Å². The van der Waals surface area contributed by atoms with Crippen molar-refractivity contribution in [2.45, 2.75) is 12.8 Å². The van der Waals surface area contributed by atoms with Crippen molar-refractivity contribution in [2.75, 3.05) is 38.5 Å². The van der Waals surface area contributed by atoms with Crippen LogP contribution in [0.4, 0.5) is 15.8 Å². The Kier molecular flexibility index (Phi) is 6.40. The van der Waals surface area contributed by atoms with Crippen molar-refractivity contribution in [2.24, 2.45) is 5.73 Å². The molecule has 0 atom stereocenters. The maximum absolute atomic E-state index is 13.6. The average Bonchev–Trinajstić information content (AvgIpc) is 2.69. The van der Waals surface area contributed by atoms with Gasteiger partial charge in [-0.3, -0.25) is 14.9 Å². The third-order valence-electron chi connectivity index (χ3n) is 4.87. The van der Waals surface area contributed by atoms with Gasteiger partial charge in [-0.1, -0.05) is 0 Å². The molecule has 0 saturated carbocycles. The Morgan fingerprint density at radius 2 is 2.00 bits per heavy atom. The summed E-state index contributed by atoms with van der Waals surface area (Å²) < 4.78 is 13.6. The number of fused-ring (bicyclic) bond motifs is 2. The number of nitro benzene ring substituents is 1. The maximum Gasteiger partial charge on any atom is 0.293 e. The number of aromatic nitrogens is 1. The highest BCUT2D eigenvalue weighted by atomic mass is 19.1. The van der Waals surface area contributed by atoms with Gasteiger partial charge < -0.3 is 20.9 Å². The van der Waals surface area contributed by atoms with Crippen LogP contribution in [0.5, 0.6) is 0 Å². The summed E-state index contributed by atoms with van der Waals surface area (Å²) in [6.07, 6.45) is 1.75. The minimum absolute atomic E-state index is 0.129. The monoisotopic (exact) mass is 401 g/mol. The first-order chi connectivity index (χ1) is 13.9. The number of nitro groups is 1. The molecule has 0 bridgehead atoms. The van der Waals surface area contributed by atoms with Gasteiger partial charge in [0.25, 0.3) is 5.69 Å². The number of aromatic amines is 1. The van der Waals surface area contributed by atoms with Crippen molar-refractivity contribution in [1.82, 2.24) is 9.88 Å². The molecule has 1 heterocycles. The average molecular weight is 401 g/mol. The number of nitrogens with two attached hydrogens (primary N) is 1. The topological polar surface area (TPSA) is 117 Å². The fourth-order valence-corrected chi connectivity index (χ4v) is 3.38. The molecule has 8 nitrogen and oxygen atoms in total. The quantitative estimate of drug-likeness (QED) is 0.220. The van der Waals surface area contributed by atoms with Gasteiger partial charge in [-0.25, -0.2) is 4.39 Å². The molecule has 1 aromatic heterocycles. The second kappa shape index (κ2) is 8.97. The Morgan fingerprint density at radius 1 is 1.24 bits per heavy atom. The van der Waals surface area contributed by atoms with Crippen molar-refractivity contribution in [3.05, 3.63) is 56.5 Å². The number of nitrogens with one attached hydrogen (secondary N) is 2. The molecule has 29 heavy (non-hydrogen) atoms. The zero-order valence-electron chi connectivity index (χ0n) is 16.2. The largest absolute Gasteiger partial charge is 0.384 e. The van der Waals surface area contributed by atoms with Crippen LogP contribution in [-0.2, 0) is 0 Å². The van der Waals surface area contributed by atoms with Gasteiger partial charge in [0, 0.05) is 23.7 Å². The fourth-order valence-electron chi connectivity index (χ4n) is 3.38. The number of hydrogen-bond donors (Lipinski definition) is 3. The van der Waals surface area contributed by atoms with Gasteiger partial charge in [0.1, 0.15) is 11.3 Å². The molecule has 2 aromatic carbocycles. The first-order valence-electron chi connectivity index (χ1n) is 9.47. The number of non-ortho nitro benzene ring substituents is 1. The predicted molar refractivity (Wildman–Crippen MR) is 113 cm³/mol. The molecule has 0 radical (unpaired) electrons. The Hall–Kier alpha value is -3.04. The Balaban J connectivity index is 1.94. The summed E-state index contributed by atoms with van der Waals surface area (Å²) >= 11 is 0. The van der Waals surface area contributed by atoms with Crippen LogP contribution in [0.3, 0.4) is 0 Å². The van der Waals surface area contributed by atoms with E-state index in [2.05, 4.69) is 15.2 Å². The Morgan fingerprint density at radius 3 is 2.72 bits per heavy atom. The number of pyridine rings is 1. The lowest BCUT2D eigenvalue weighted by molar-refractivity contribution is -0.383. The van der Waals surface area contributed by atoms with Gasteiger partial charge in [0.2, 0.25) is 0 Å². The zero-order valence-corrected chi connectivity index (χ0v) is 16.2. The lowest BCUT2D eigenvalue weighted by atomic mass is 10.1. The number of rotatable bonds is 9. The van der Waals surface area contributed by atoms with Gasteiger partial charge in [0.05, 0.1) is 15.8 Å². The molecule has 0 aliphatic rings. The summed E-state index contributed by atoms with van der Waals surface area (Å²) in [6.45, 7) is 2.99. The standard InChI is InChI=1S/C20H24FN5O3/c1-25(10-2-8-22)11-3-9-23-16-6-7-17(26(28)29)19-18(16)20(27)14-12-13(21)4-5-15(14)24-19/h4-7,12,23H,2-3,8-11,22H2,1H3,(H,24,27). The minimum Gasteiger partial charge on any atom is -0.384 e. The molecule has 0 aliphatic heterocycles. The van der Waals surface area contributed by atoms with Crippen molar-refractivity contribution >= 4 is 33.2 Å². The van der Waals surface area contributed by atoms with Crippen LogP contribution in [0.15, 0.2) is 35.1 Å². The van der Waals surface area contributed by atoms with Gasteiger partial charge >= 0.3 is 0 Å². The lowest BCUT2D eigenvalue weighted by Crippen LogP contribution is -2.24. The highest BCUT2D eigenvalue weighted by Gasteiger charge is 2.19. The summed E-state index contributed by atoms with van der Waals surface area (Å²) in [5.74, 6) is -0.539. The number of anilines is 1. The van der Waals surface area contributed by atoms with E-state index in [0.29, 0.717) is 24.3 Å². The molecule has 0 spiro atoms. The second-order valence-corrected chi connectivity index (χ2v) is 7.01. The van der Waals surface area contributed by atoms with Crippen LogP contribution in [0.1, 0.15) is 12.8 Å². The summed E-state index contributed by atoms with van der Waals surface area (Å²) in [6, 6.07) is 6.65. The van der Waals surface area contributed by atoms with Crippen LogP contribution in [0.2, 0.25) is 0 Å². The molecule has 0 amide bonds. The SMILES string of the molecule is CN(CCCN)CCCNc1ccc([N+](=O)[O-])c2[nH]c3ccc(F)cc3c(=O)c12. The molecule has 3 rings (SSSR count). The maximum atomic E-state index is 13.6. The smallest absolute Gasteiger partial charge is 0.293 e. The van der Waals surface area contributed by atoms with E-state index in [1.165, 1.54) is 24.3 Å². The lowest BCUT2D eigenvalue weighted by Gasteiger charge is -2.16. The molecule has 0 unspecified atom stereocenters. The van der Waals surface area contributed by atoms with E-state index < -0.39 is 16.2 Å². The minimum atomic E-state index is -0.539. The van der Waals surface area contributed by atoms with Gasteiger partial charge in [-0.05, 0) is 63.8 Å². The van der Waals surface area contributed by atoms with E-state index in [9.17, 15) is 19.3 Å². The summed E-state index contributed by atoms with van der Waals surface area (Å²) in [5, 5.41) is 15.0. The van der Waals surface area contributed by atoms with Crippen molar-refractivity contribution in [1.29, 1.82) is 0 Å². The number of nitrogens with zero attached hydrogens (tertiary/aromatic N) is 2. The first-order valence-corrected chi connectivity index (χ1v) is 9.47. The van der Waals surface area contributed by atoms with E-state index in [1.807, 2.05) is 7.05 Å². The number of hydrogen-bond acceptors (Lipinski definition) is 6. The fraction of sp³-hybridized carbons (Fsp3) is 0.350. The Labute approximate surface area is 166 Å². The number of halogens is 1. The molecular formula is C20H24FN5O3. The van der Waals surface area contributed by atoms with Crippen molar-refractivity contribution < 1.29 is 9.31 Å². The van der Waals surface area contributed by atoms with Crippen LogP contribution >= 0.6 is 0 Å². The molecule has 4 N–H and O–H groups in total. The summed E-state index contributed by atoms with van der Waals surface area (Å²) in [7, 11) is 2.02. The molecule has 9 heteroatoms. The van der Waals surface area contributed by atoms with E-state index in [1.54, 1.807) is 0 Å². The molecular weight excluding hydrogens is 377 g/mol. The van der Waals surface area contributed by atoms with E-state index in [0.717, 1.165) is 32.0 Å². The van der Waals surface area contributed by atoms with E-state index in [-0.39, 0.29) is 22.0 Å². The highest BCUT2D eigenvalue weighted by Crippen LogP contribution is 2.29. The molecule has 0 fully saturated rings. The number of H-pyrrole nitrogens is 1. The third-order valence-corrected chi connectivity index (χ3v) is 4.87. The summed E-state index contributed by atoms with van der Waals surface area (Å²) in [5.41, 5.74) is 5.84. The van der Waals surface area contributed by atoms with E-state index >= 15 is 0 Å². The molecule has 154 valence electrons. The van der Waals surface area contributed by atoms with Crippen LogP contribution in [0.25, 0.3) is 21.8 Å². The summed E-state index contributed by atoms with van der Waals surface area (Å²) in [4.78, 5) is 29.0. The van der Waals surface area contributed by atoms with Crippen LogP contribution in [0, 0.1) is 15.9 Å². The molecule has 0 saturated heterocycles. The number of benzene rings is 2. The second-order valence-electron chi connectivity index (χ2n) is 7.01. The van der Waals surface area contributed by atoms with Crippen LogP contribution in [-0.4, -0.2) is 48.0 Å². The molecule has 0 aliphatic carbocycles. The van der Waals surface area contributed by atoms with Gasteiger partial charge in [-0.2, -0.15) is 0 Å². The third kappa shape index (κ3) is 4.52. The van der Waals surface area contributed by atoms with Gasteiger partial charge in [0.15, 0.2) is 5.43 Å². The first kappa shape index (κ1) is 20.7. The van der Waals surface area contributed by atoms with Crippen LogP contribution < -0.4 is 16.5 Å². The van der Waals surface area contributed by atoms with Crippen molar-refractivity contribution in [3.63, 3.8) is 0 Å². The van der Waals surface area contributed by atoms with Crippen molar-refractivity contribution in [3.8, 4) is 0 Å². The predicted octanol–water partition coefficient (Wildman–Crippen LogP) is 2.81. The normalized spacial score (nSPS) is 11.4. The zero-order chi connectivity index (χ0) is 21.0. The Bertz CT molecular complexity index is 1100.